The fourth-order valence-corrected chi connectivity index (χ4v) is 5.24. The maximum Gasteiger partial charge on any atom is 0.325 e. The molecule has 2 aromatic heterocycles. The molecule has 5 rings (SSSR count). The van der Waals surface area contributed by atoms with Gasteiger partial charge in [0.2, 0.25) is 0 Å². The molecule has 0 unspecified atom stereocenters. The Labute approximate surface area is 210 Å². The lowest BCUT2D eigenvalue weighted by atomic mass is 10.0. The zero-order valence-corrected chi connectivity index (χ0v) is 20.6. The number of esters is 1. The van der Waals surface area contributed by atoms with Crippen LogP contribution in [0.15, 0.2) is 77.8 Å². The molecular formula is C27H20ClN3O3S. The summed E-state index contributed by atoms with van der Waals surface area (Å²) < 4.78 is 7.44. The molecule has 0 bridgehead atoms. The first-order valence-corrected chi connectivity index (χ1v) is 12.0. The average molecular weight is 502 g/mol. The highest BCUT2D eigenvalue weighted by Gasteiger charge is 2.17. The molecule has 1 amide bonds. The second kappa shape index (κ2) is 9.44. The van der Waals surface area contributed by atoms with Gasteiger partial charge in [-0.05, 0) is 36.8 Å². The van der Waals surface area contributed by atoms with E-state index in [1.807, 2.05) is 67.6 Å². The molecule has 0 fully saturated rings. The number of halogens is 1. The predicted molar refractivity (Wildman–Crippen MR) is 139 cm³/mol. The number of pyridine rings is 1. The summed E-state index contributed by atoms with van der Waals surface area (Å²) in [6.45, 7) is 1.79. The van der Waals surface area contributed by atoms with Crippen LogP contribution in [-0.4, -0.2) is 28.5 Å². The monoisotopic (exact) mass is 501 g/mol. The lowest BCUT2D eigenvalue weighted by molar-refractivity contribution is -0.141. The van der Waals surface area contributed by atoms with Crippen molar-refractivity contribution in [3.63, 3.8) is 0 Å². The van der Waals surface area contributed by atoms with Gasteiger partial charge in [0.1, 0.15) is 6.54 Å². The second-order valence-corrected chi connectivity index (χ2v) is 9.34. The molecule has 0 aliphatic heterocycles. The van der Waals surface area contributed by atoms with Crippen LogP contribution < -0.4 is 4.80 Å². The molecule has 174 valence electrons. The number of amides is 1. The Morgan fingerprint density at radius 1 is 1.06 bits per heavy atom. The fraction of sp³-hybridized carbons (Fsp3) is 0.111. The first-order valence-electron chi connectivity index (χ1n) is 10.9. The number of hydrogen-bond donors (Lipinski definition) is 0. The molecule has 0 spiro atoms. The van der Waals surface area contributed by atoms with Gasteiger partial charge < -0.3 is 9.30 Å². The molecule has 35 heavy (non-hydrogen) atoms. The van der Waals surface area contributed by atoms with Crippen molar-refractivity contribution >= 4 is 55.9 Å². The van der Waals surface area contributed by atoms with E-state index in [9.17, 15) is 9.59 Å². The topological polar surface area (TPSA) is 73.6 Å². The number of ether oxygens (including phenoxy) is 1. The average Bonchev–Trinajstić information content (AvgIpc) is 3.23. The van der Waals surface area contributed by atoms with Crippen molar-refractivity contribution in [3.8, 4) is 11.3 Å². The lowest BCUT2D eigenvalue weighted by Crippen LogP contribution is -2.23. The van der Waals surface area contributed by atoms with Crippen LogP contribution in [0.1, 0.15) is 15.9 Å². The van der Waals surface area contributed by atoms with E-state index in [0.717, 1.165) is 21.3 Å². The SMILES string of the molecule is COC(=O)Cn1c(=NC(=O)c2cc(-c3ccccc3)nc3ccccc23)sc2ccc(Cl)c(C)c21. The van der Waals surface area contributed by atoms with Crippen LogP contribution in [0.25, 0.3) is 32.4 Å². The predicted octanol–water partition coefficient (Wildman–Crippen LogP) is 5.79. The Bertz CT molecular complexity index is 1670. The quantitative estimate of drug-likeness (QED) is 0.292. The molecule has 3 aromatic carbocycles. The number of aryl methyl sites for hydroxylation is 1. The number of methoxy groups -OCH3 is 1. The number of aromatic nitrogens is 2. The maximum atomic E-state index is 13.6. The van der Waals surface area contributed by atoms with Crippen molar-refractivity contribution in [2.75, 3.05) is 7.11 Å². The molecule has 5 aromatic rings. The van der Waals surface area contributed by atoms with E-state index < -0.39 is 11.9 Å². The van der Waals surface area contributed by atoms with Gasteiger partial charge in [-0.25, -0.2) is 4.98 Å². The van der Waals surface area contributed by atoms with Crippen LogP contribution in [0.3, 0.4) is 0 Å². The molecule has 0 atom stereocenters. The summed E-state index contributed by atoms with van der Waals surface area (Å²) in [5.74, 6) is -0.867. The minimum atomic E-state index is -0.446. The number of carbonyl (C=O) groups excluding carboxylic acids is 2. The number of thiazole rings is 1. The highest BCUT2D eigenvalue weighted by molar-refractivity contribution is 7.16. The summed E-state index contributed by atoms with van der Waals surface area (Å²) in [7, 11) is 1.33. The van der Waals surface area contributed by atoms with E-state index >= 15 is 0 Å². The van der Waals surface area contributed by atoms with Gasteiger partial charge in [0.05, 0.1) is 34.1 Å². The largest absolute Gasteiger partial charge is 0.468 e. The minimum Gasteiger partial charge on any atom is -0.468 e. The van der Waals surface area contributed by atoms with Crippen LogP contribution >= 0.6 is 22.9 Å². The molecule has 8 heteroatoms. The van der Waals surface area contributed by atoms with Gasteiger partial charge in [0.25, 0.3) is 5.91 Å². The van der Waals surface area contributed by atoms with E-state index in [-0.39, 0.29) is 6.54 Å². The Kier molecular flexibility index (Phi) is 6.19. The van der Waals surface area contributed by atoms with Gasteiger partial charge in [0, 0.05) is 16.0 Å². The van der Waals surface area contributed by atoms with Crippen LogP contribution in [0.5, 0.6) is 0 Å². The molecule has 0 saturated heterocycles. The molecule has 0 radical (unpaired) electrons. The Morgan fingerprint density at radius 3 is 2.57 bits per heavy atom. The number of fused-ring (bicyclic) bond motifs is 2. The third kappa shape index (κ3) is 4.36. The van der Waals surface area contributed by atoms with Gasteiger partial charge in [-0.2, -0.15) is 4.99 Å². The number of nitrogens with zero attached hydrogens (tertiary/aromatic N) is 3. The zero-order valence-electron chi connectivity index (χ0n) is 19.0. The standard InChI is InChI=1S/C27H20ClN3O3S/c1-16-20(28)12-13-23-25(16)31(15-24(32)34-2)27(35-23)30-26(33)19-14-22(17-8-4-3-5-9-17)29-21-11-7-6-10-18(19)21/h3-14H,15H2,1-2H3. The van der Waals surface area contributed by atoms with Crippen molar-refractivity contribution < 1.29 is 14.3 Å². The fourth-order valence-electron chi connectivity index (χ4n) is 4.00. The first kappa shape index (κ1) is 23.0. The van der Waals surface area contributed by atoms with Crippen molar-refractivity contribution in [2.45, 2.75) is 13.5 Å². The molecule has 0 N–H and O–H groups in total. The van der Waals surface area contributed by atoms with Crippen molar-refractivity contribution in [2.24, 2.45) is 4.99 Å². The van der Waals surface area contributed by atoms with Crippen molar-refractivity contribution in [3.05, 3.63) is 93.7 Å². The van der Waals surface area contributed by atoms with Gasteiger partial charge in [-0.3, -0.25) is 9.59 Å². The molecule has 2 heterocycles. The number of hydrogen-bond acceptors (Lipinski definition) is 5. The number of para-hydroxylation sites is 1. The summed E-state index contributed by atoms with van der Waals surface area (Å²) in [5, 5.41) is 1.28. The molecule has 0 aliphatic rings. The van der Waals surface area contributed by atoms with Crippen LogP contribution in [0, 0.1) is 6.92 Å². The smallest absolute Gasteiger partial charge is 0.325 e. The summed E-state index contributed by atoms with van der Waals surface area (Å²) in [6.07, 6.45) is 0. The van der Waals surface area contributed by atoms with E-state index in [1.165, 1.54) is 18.4 Å². The molecule has 6 nitrogen and oxygen atoms in total. The van der Waals surface area contributed by atoms with E-state index in [2.05, 4.69) is 4.99 Å². The van der Waals surface area contributed by atoms with Crippen LogP contribution in [0.4, 0.5) is 0 Å². The summed E-state index contributed by atoms with van der Waals surface area (Å²) >= 11 is 7.67. The minimum absolute atomic E-state index is 0.0871. The zero-order chi connectivity index (χ0) is 24.5. The molecular weight excluding hydrogens is 482 g/mol. The number of rotatable bonds is 4. The number of benzene rings is 3. The highest BCUT2D eigenvalue weighted by atomic mass is 35.5. The summed E-state index contributed by atoms with van der Waals surface area (Å²) in [4.78, 5) is 35.4. The van der Waals surface area contributed by atoms with Crippen molar-refractivity contribution in [1.82, 2.24) is 9.55 Å². The van der Waals surface area contributed by atoms with E-state index in [1.54, 1.807) is 16.7 Å². The molecule has 0 aliphatic carbocycles. The van der Waals surface area contributed by atoms with E-state index in [4.69, 9.17) is 21.3 Å². The lowest BCUT2D eigenvalue weighted by Gasteiger charge is -2.08. The van der Waals surface area contributed by atoms with Gasteiger partial charge >= 0.3 is 5.97 Å². The van der Waals surface area contributed by atoms with Gasteiger partial charge in [-0.1, -0.05) is 71.5 Å². The summed E-state index contributed by atoms with van der Waals surface area (Å²) in [5.41, 5.74) is 4.28. The van der Waals surface area contributed by atoms with Crippen LogP contribution in [-0.2, 0) is 16.1 Å². The maximum absolute atomic E-state index is 13.6. The van der Waals surface area contributed by atoms with E-state index in [0.29, 0.717) is 32.0 Å². The number of carbonyl (C=O) groups is 2. The van der Waals surface area contributed by atoms with Crippen molar-refractivity contribution in [1.29, 1.82) is 0 Å². The second-order valence-electron chi connectivity index (χ2n) is 7.92. The van der Waals surface area contributed by atoms with Gasteiger partial charge in [-0.15, -0.1) is 0 Å². The Balaban J connectivity index is 1.73. The Hall–Kier alpha value is -3.81. The third-order valence-corrected chi connectivity index (χ3v) is 7.21. The highest BCUT2D eigenvalue weighted by Crippen LogP contribution is 2.28. The first-order chi connectivity index (χ1) is 17.0. The Morgan fingerprint density at radius 2 is 1.80 bits per heavy atom. The third-order valence-electron chi connectivity index (χ3n) is 5.76. The van der Waals surface area contributed by atoms with Gasteiger partial charge in [0.15, 0.2) is 4.80 Å². The summed E-state index contributed by atoms with van der Waals surface area (Å²) in [6, 6.07) is 22.6. The van der Waals surface area contributed by atoms with Crippen LogP contribution in [0.2, 0.25) is 5.02 Å². The normalized spacial score (nSPS) is 11.8. The molecule has 0 saturated carbocycles.